The lowest BCUT2D eigenvalue weighted by atomic mass is 10.2. The number of hydroxylamine groups is 1. The normalized spacial score (nSPS) is 12.7. The molecular weight excluding hydrogens is 332 g/mol. The molecular formula is C16H18N2O5S. The molecule has 1 amide bonds. The molecule has 128 valence electrons. The summed E-state index contributed by atoms with van der Waals surface area (Å²) in [6.07, 6.45) is 0.936. The second-order valence-corrected chi connectivity index (χ2v) is 6.74. The van der Waals surface area contributed by atoms with E-state index in [2.05, 4.69) is 0 Å². The van der Waals surface area contributed by atoms with Gasteiger partial charge in [-0.15, -0.1) is 0 Å². The summed E-state index contributed by atoms with van der Waals surface area (Å²) in [5.74, 6) is 0.644. The quantitative estimate of drug-likeness (QED) is 0.496. The number of anilines is 1. The number of sulfonamides is 1. The molecule has 7 nitrogen and oxygen atoms in total. The standard InChI is InChI=1S/C15H15NO3S.CH3NO2/c1-19-13-6-8-14(9-7-13)20(17,18)16-11-10-12-4-2-3-5-15(12)16;3-1-2-4/h2-9H,10-11H2,1H3;1,4H,(H,2,3). The molecule has 0 unspecified atom stereocenters. The second kappa shape index (κ2) is 7.80. The van der Waals surface area contributed by atoms with Gasteiger partial charge >= 0.3 is 0 Å². The van der Waals surface area contributed by atoms with Gasteiger partial charge in [-0.25, -0.2) is 13.9 Å². The van der Waals surface area contributed by atoms with Crippen molar-refractivity contribution in [3.63, 3.8) is 0 Å². The van der Waals surface area contributed by atoms with Crippen LogP contribution in [0.4, 0.5) is 5.69 Å². The highest BCUT2D eigenvalue weighted by molar-refractivity contribution is 7.92. The van der Waals surface area contributed by atoms with Gasteiger partial charge in [0.15, 0.2) is 0 Å². The number of para-hydroxylation sites is 1. The van der Waals surface area contributed by atoms with Crippen molar-refractivity contribution in [2.24, 2.45) is 0 Å². The third kappa shape index (κ3) is 3.66. The van der Waals surface area contributed by atoms with Crippen LogP contribution in [0.1, 0.15) is 5.56 Å². The zero-order valence-corrected chi connectivity index (χ0v) is 13.9. The van der Waals surface area contributed by atoms with Gasteiger partial charge < -0.3 is 4.74 Å². The maximum Gasteiger partial charge on any atom is 0.264 e. The van der Waals surface area contributed by atoms with E-state index in [0.29, 0.717) is 12.3 Å². The number of rotatable bonds is 4. The van der Waals surface area contributed by atoms with Gasteiger partial charge in [0.1, 0.15) is 5.75 Å². The van der Waals surface area contributed by atoms with Crippen molar-refractivity contribution < 1.29 is 23.2 Å². The van der Waals surface area contributed by atoms with Crippen LogP contribution in [-0.2, 0) is 21.2 Å². The van der Waals surface area contributed by atoms with Gasteiger partial charge in [-0.1, -0.05) is 18.2 Å². The van der Waals surface area contributed by atoms with E-state index in [4.69, 9.17) is 14.7 Å². The number of amides is 1. The number of methoxy groups -OCH3 is 1. The van der Waals surface area contributed by atoms with Crippen LogP contribution >= 0.6 is 0 Å². The average Bonchev–Trinajstić information content (AvgIpc) is 3.07. The van der Waals surface area contributed by atoms with Crippen molar-refractivity contribution >= 4 is 22.1 Å². The van der Waals surface area contributed by atoms with Crippen LogP contribution in [0, 0.1) is 0 Å². The summed E-state index contributed by atoms with van der Waals surface area (Å²) in [6.45, 7) is 0.494. The molecule has 0 saturated carbocycles. The molecule has 0 bridgehead atoms. The number of carbonyl (C=O) groups excluding carboxylic acids is 1. The van der Waals surface area contributed by atoms with Crippen LogP contribution in [0.15, 0.2) is 53.4 Å². The van der Waals surface area contributed by atoms with E-state index in [0.717, 1.165) is 17.7 Å². The van der Waals surface area contributed by atoms with Crippen LogP contribution < -0.4 is 14.5 Å². The fourth-order valence-corrected chi connectivity index (χ4v) is 3.94. The number of ether oxygens (including phenoxy) is 1. The third-order valence-corrected chi connectivity index (χ3v) is 5.37. The smallest absolute Gasteiger partial charge is 0.264 e. The Balaban J connectivity index is 0.000000471. The molecule has 0 aliphatic carbocycles. The van der Waals surface area contributed by atoms with Gasteiger partial charge in [-0.05, 0) is 42.3 Å². The van der Waals surface area contributed by atoms with E-state index in [1.54, 1.807) is 31.4 Å². The minimum Gasteiger partial charge on any atom is -0.497 e. The average molecular weight is 350 g/mol. The minimum absolute atomic E-state index is 0.181. The van der Waals surface area contributed by atoms with Gasteiger partial charge in [0.25, 0.3) is 10.0 Å². The fourth-order valence-electron chi connectivity index (χ4n) is 2.43. The maximum atomic E-state index is 12.7. The Morgan fingerprint density at radius 3 is 2.38 bits per heavy atom. The molecule has 0 radical (unpaired) electrons. The number of hydrogen-bond acceptors (Lipinski definition) is 5. The first-order chi connectivity index (χ1) is 11.5. The highest BCUT2D eigenvalue weighted by Gasteiger charge is 2.30. The second-order valence-electron chi connectivity index (χ2n) is 4.88. The number of benzene rings is 2. The molecule has 0 aromatic heterocycles. The predicted octanol–water partition coefficient (Wildman–Crippen LogP) is 1.57. The minimum atomic E-state index is -3.50. The molecule has 24 heavy (non-hydrogen) atoms. The van der Waals surface area contributed by atoms with E-state index in [-0.39, 0.29) is 11.3 Å². The monoisotopic (exact) mass is 350 g/mol. The maximum absolute atomic E-state index is 12.7. The molecule has 2 N–H and O–H groups in total. The van der Waals surface area contributed by atoms with Crippen molar-refractivity contribution in [3.05, 3.63) is 54.1 Å². The molecule has 0 atom stereocenters. The van der Waals surface area contributed by atoms with Crippen LogP contribution in [0.2, 0.25) is 0 Å². The Morgan fingerprint density at radius 1 is 1.17 bits per heavy atom. The Bertz CT molecular complexity index is 790. The molecule has 0 saturated heterocycles. The third-order valence-electron chi connectivity index (χ3n) is 3.54. The molecule has 1 aliphatic heterocycles. The van der Waals surface area contributed by atoms with E-state index < -0.39 is 10.0 Å². The first-order valence-corrected chi connectivity index (χ1v) is 8.56. The molecule has 0 fully saturated rings. The predicted molar refractivity (Wildman–Crippen MR) is 88.7 cm³/mol. The van der Waals surface area contributed by atoms with E-state index in [1.807, 2.05) is 24.3 Å². The van der Waals surface area contributed by atoms with Crippen molar-refractivity contribution in [1.29, 1.82) is 0 Å². The van der Waals surface area contributed by atoms with Crippen molar-refractivity contribution in [2.45, 2.75) is 11.3 Å². The van der Waals surface area contributed by atoms with Crippen LogP contribution in [-0.4, -0.2) is 33.7 Å². The van der Waals surface area contributed by atoms with Gasteiger partial charge in [-0.3, -0.25) is 14.3 Å². The summed E-state index contributed by atoms with van der Waals surface area (Å²) in [6, 6.07) is 14.1. The lowest BCUT2D eigenvalue weighted by Gasteiger charge is -2.19. The number of carbonyl (C=O) groups is 1. The van der Waals surface area contributed by atoms with E-state index in [1.165, 1.54) is 9.79 Å². The summed E-state index contributed by atoms with van der Waals surface area (Å²) in [7, 11) is -1.94. The highest BCUT2D eigenvalue weighted by atomic mass is 32.2. The summed E-state index contributed by atoms with van der Waals surface area (Å²) in [5.41, 5.74) is 3.10. The van der Waals surface area contributed by atoms with E-state index in [9.17, 15) is 8.42 Å². The van der Waals surface area contributed by atoms with Crippen molar-refractivity contribution in [3.8, 4) is 5.75 Å². The summed E-state index contributed by atoms with van der Waals surface area (Å²) in [5, 5.41) is 7.26. The molecule has 1 aliphatic rings. The lowest BCUT2D eigenvalue weighted by Crippen LogP contribution is -2.29. The Morgan fingerprint density at radius 2 is 1.79 bits per heavy atom. The van der Waals surface area contributed by atoms with Crippen LogP contribution in [0.3, 0.4) is 0 Å². The molecule has 1 heterocycles. The fraction of sp³-hybridized carbons (Fsp3) is 0.188. The molecule has 0 spiro atoms. The Labute approximate surface area is 140 Å². The molecule has 2 aromatic carbocycles. The van der Waals surface area contributed by atoms with Crippen LogP contribution in [0.5, 0.6) is 5.75 Å². The first kappa shape index (κ1) is 17.8. The lowest BCUT2D eigenvalue weighted by molar-refractivity contribution is -0.116. The Kier molecular flexibility index (Phi) is 5.78. The number of fused-ring (bicyclic) bond motifs is 1. The summed E-state index contributed by atoms with van der Waals surface area (Å²) < 4.78 is 31.9. The molecule has 8 heteroatoms. The number of hydrogen-bond donors (Lipinski definition) is 2. The van der Waals surface area contributed by atoms with E-state index >= 15 is 0 Å². The first-order valence-electron chi connectivity index (χ1n) is 7.12. The van der Waals surface area contributed by atoms with Gasteiger partial charge in [0.05, 0.1) is 17.7 Å². The van der Waals surface area contributed by atoms with Crippen molar-refractivity contribution in [2.75, 3.05) is 18.0 Å². The topological polar surface area (TPSA) is 95.9 Å². The van der Waals surface area contributed by atoms with Gasteiger partial charge in [0, 0.05) is 6.54 Å². The zero-order chi connectivity index (χ0) is 17.6. The van der Waals surface area contributed by atoms with Gasteiger partial charge in [-0.2, -0.15) is 0 Å². The summed E-state index contributed by atoms with van der Waals surface area (Å²) >= 11 is 0. The SMILES string of the molecule is COc1ccc(S(=O)(=O)N2CCc3ccccc32)cc1.O=CNO. The summed E-state index contributed by atoms with van der Waals surface area (Å²) in [4.78, 5) is 9.10. The van der Waals surface area contributed by atoms with Crippen LogP contribution in [0.25, 0.3) is 0 Å². The highest BCUT2D eigenvalue weighted by Crippen LogP contribution is 2.32. The van der Waals surface area contributed by atoms with Crippen molar-refractivity contribution in [1.82, 2.24) is 5.48 Å². The largest absolute Gasteiger partial charge is 0.497 e. The molecule has 3 rings (SSSR count). The Hall–Kier alpha value is -2.58. The van der Waals surface area contributed by atoms with Gasteiger partial charge in [0.2, 0.25) is 6.41 Å². The zero-order valence-electron chi connectivity index (χ0n) is 13.0. The number of nitrogens with zero attached hydrogens (tertiary/aromatic N) is 1. The molecule has 2 aromatic rings. The number of nitrogens with one attached hydrogen (secondary N) is 1.